The summed E-state index contributed by atoms with van der Waals surface area (Å²) >= 11 is 0. The molecule has 2 rings (SSSR count). The molecular weight excluding hydrogens is 785 g/mol. The van der Waals surface area contributed by atoms with E-state index in [1.54, 1.807) is 7.11 Å². The first-order chi connectivity index (χ1) is 28.7. The minimum atomic E-state index is -3.96. The van der Waals surface area contributed by atoms with Gasteiger partial charge in [-0.3, -0.25) is 9.05 Å². The second-order valence-electron chi connectivity index (χ2n) is 17.1. The topological polar surface area (TPSA) is 77.5 Å². The van der Waals surface area contributed by atoms with Gasteiger partial charge in [-0.15, -0.1) is 0 Å². The number of hydrogen-bond acceptors (Lipinski definition) is 6. The Morgan fingerprint density at radius 3 is 1.32 bits per heavy atom. The molecule has 0 saturated heterocycles. The smallest absolute Gasteiger partial charge is 0.325 e. The summed E-state index contributed by atoms with van der Waals surface area (Å²) in [7, 11) is -3.22. The fourth-order valence-corrected chi connectivity index (χ4v) is 8.92. The van der Waals surface area contributed by atoms with Crippen LogP contribution in [0.1, 0.15) is 216 Å². The normalized spacial score (nSPS) is 14.8. The highest BCUT2D eigenvalue weighted by molar-refractivity contribution is 7.47. The third kappa shape index (κ3) is 32.5. The Bertz CT molecular complexity index is 1200. The highest BCUT2D eigenvalue weighted by Crippen LogP contribution is 2.47. The third-order valence-electron chi connectivity index (χ3n) is 10.7. The Hall–Kier alpha value is -1.14. The van der Waals surface area contributed by atoms with Gasteiger partial charge in [-0.05, 0) is 69.9 Å². The first kappa shape index (κ1) is 60.9. The van der Waals surface area contributed by atoms with Crippen LogP contribution in [0.4, 0.5) is 0 Å². The highest BCUT2D eigenvalue weighted by Gasteiger charge is 2.28. The van der Waals surface area contributed by atoms with E-state index < -0.39 is 16.3 Å². The van der Waals surface area contributed by atoms with Crippen molar-refractivity contribution in [2.75, 3.05) is 26.9 Å². The fraction of sp³-hybridized carbons (Fsp3) is 0.765. The molecule has 0 amide bonds. The predicted molar refractivity (Wildman–Crippen MR) is 264 cm³/mol. The Balaban J connectivity index is 0. The van der Waals surface area contributed by atoms with Crippen LogP contribution >= 0.6 is 16.3 Å². The molecule has 7 nitrogen and oxygen atoms in total. The predicted octanol–water partition coefficient (Wildman–Crippen LogP) is 17.3. The van der Waals surface area contributed by atoms with Crippen LogP contribution in [0.25, 0.3) is 0 Å². The maximum absolute atomic E-state index is 12.0. The molecule has 2 aromatic rings. The van der Waals surface area contributed by atoms with Gasteiger partial charge in [-0.25, -0.2) is 9.24 Å². The van der Waals surface area contributed by atoms with Crippen LogP contribution < -0.4 is 0 Å². The van der Waals surface area contributed by atoms with Crippen LogP contribution in [-0.4, -0.2) is 48.6 Å². The molecule has 0 heterocycles. The van der Waals surface area contributed by atoms with Crippen molar-refractivity contribution in [2.24, 2.45) is 11.8 Å². The van der Waals surface area contributed by atoms with E-state index in [0.717, 1.165) is 44.1 Å². The van der Waals surface area contributed by atoms with E-state index in [0.29, 0.717) is 36.4 Å². The summed E-state index contributed by atoms with van der Waals surface area (Å²) in [6.07, 6.45) is 19.7. The monoisotopic (exact) mass is 882 g/mol. The molecule has 1 N–H and O–H groups in total. The van der Waals surface area contributed by atoms with Crippen LogP contribution in [0, 0.1) is 11.8 Å². The summed E-state index contributed by atoms with van der Waals surface area (Å²) in [4.78, 5) is 9.81. The second-order valence-corrected chi connectivity index (χ2v) is 20.1. The lowest BCUT2D eigenvalue weighted by Gasteiger charge is -2.35. The summed E-state index contributed by atoms with van der Waals surface area (Å²) in [5.41, 5.74) is 2.50. The van der Waals surface area contributed by atoms with E-state index in [-0.39, 0.29) is 19.1 Å². The molecule has 0 aromatic heterocycles. The molecule has 2 aromatic carbocycles. The quantitative estimate of drug-likeness (QED) is 0.0618. The number of nitrogens with zero attached hydrogens (tertiary/aromatic N) is 1. The molecular formula is C51H97NO6P2. The number of unbranched alkanes of at least 4 members (excludes halogenated alkanes) is 9. The standard InChI is InChI=1S/C20H36NO2P.C18H31O4P.C7H16.C6H14/c1-8-18(6)14-20(19-12-10-9-11-13-19)15-23-24(22-7)21(16(2)3)17(4)5;1-4-6-10-13-21-23(19,20)22-15-18(14-16(3)5-2)17-11-8-7-9-12-17;1-3-5-7-6-4-2;1-3-5-6-4-2/h9-13,16-18,20H,8,14-15H2,1-7H3;7-9,11-12,16,18H,4-6,10,13-15H2,1-3H3,(H,19,20);3-7H2,1-2H3;3-6H2,1-2H3. The molecule has 0 fully saturated rings. The van der Waals surface area contributed by atoms with Gasteiger partial charge in [-0.2, -0.15) is 0 Å². The number of rotatable bonds is 30. The Morgan fingerprint density at radius 1 is 0.567 bits per heavy atom. The van der Waals surface area contributed by atoms with Crippen molar-refractivity contribution in [3.8, 4) is 0 Å². The molecule has 0 aliphatic heterocycles. The lowest BCUT2D eigenvalue weighted by atomic mass is 9.89. The average Bonchev–Trinajstić information content (AvgIpc) is 3.25. The molecule has 6 atom stereocenters. The van der Waals surface area contributed by atoms with Crippen molar-refractivity contribution in [1.82, 2.24) is 4.67 Å². The highest BCUT2D eigenvalue weighted by atomic mass is 31.2. The zero-order valence-corrected chi connectivity index (χ0v) is 43.3. The van der Waals surface area contributed by atoms with Crippen molar-refractivity contribution in [3.63, 3.8) is 0 Å². The van der Waals surface area contributed by atoms with Crippen LogP contribution in [-0.2, 0) is 22.7 Å². The third-order valence-corrected chi connectivity index (χ3v) is 13.7. The molecule has 0 saturated carbocycles. The van der Waals surface area contributed by atoms with Crippen molar-refractivity contribution in [3.05, 3.63) is 71.8 Å². The Morgan fingerprint density at radius 2 is 0.950 bits per heavy atom. The minimum Gasteiger partial charge on any atom is -0.325 e. The summed E-state index contributed by atoms with van der Waals surface area (Å²) in [5, 5.41) is 0. The average molecular weight is 882 g/mol. The molecule has 352 valence electrons. The van der Waals surface area contributed by atoms with Crippen molar-refractivity contribution in [1.29, 1.82) is 0 Å². The van der Waals surface area contributed by atoms with E-state index in [1.165, 1.54) is 69.8 Å². The minimum absolute atomic E-state index is 0.103. The largest absolute Gasteiger partial charge is 0.472 e. The molecule has 9 heteroatoms. The van der Waals surface area contributed by atoms with Crippen molar-refractivity contribution >= 4 is 16.3 Å². The number of phosphoric ester groups is 1. The van der Waals surface area contributed by atoms with E-state index in [1.807, 2.05) is 30.3 Å². The van der Waals surface area contributed by atoms with Crippen molar-refractivity contribution in [2.45, 2.75) is 217 Å². The summed E-state index contributed by atoms with van der Waals surface area (Å²) in [6, 6.07) is 21.6. The first-order valence-corrected chi connectivity index (χ1v) is 26.8. The maximum atomic E-state index is 12.0. The van der Waals surface area contributed by atoms with Gasteiger partial charge in [0.05, 0.1) is 19.8 Å². The maximum Gasteiger partial charge on any atom is 0.472 e. The molecule has 0 aliphatic rings. The van der Waals surface area contributed by atoms with Crippen LogP contribution in [0.15, 0.2) is 60.7 Å². The SMILES string of the molecule is CCC(C)CC(COP(OC)N(C(C)C)C(C)C)c1ccccc1.CCCCCC.CCCCCCC.CCCCCOP(=O)(O)OCC(CC(C)CC)c1ccccc1. The molecule has 0 spiro atoms. The molecule has 60 heavy (non-hydrogen) atoms. The molecule has 0 aliphatic carbocycles. The van der Waals surface area contributed by atoms with Gasteiger partial charge in [-0.1, -0.05) is 206 Å². The molecule has 0 bridgehead atoms. The van der Waals surface area contributed by atoms with E-state index >= 15 is 0 Å². The van der Waals surface area contributed by atoms with Crippen molar-refractivity contribution < 1.29 is 27.6 Å². The van der Waals surface area contributed by atoms with Gasteiger partial charge in [0.25, 0.3) is 8.53 Å². The first-order valence-electron chi connectivity index (χ1n) is 24.2. The number of phosphoric acid groups is 1. The summed E-state index contributed by atoms with van der Waals surface area (Å²) in [5.74, 6) is 1.75. The number of hydrogen-bond donors (Lipinski definition) is 1. The van der Waals surface area contributed by atoms with E-state index in [4.69, 9.17) is 18.1 Å². The summed E-state index contributed by atoms with van der Waals surface area (Å²) < 4.78 is 36.6. The summed E-state index contributed by atoms with van der Waals surface area (Å²) in [6.45, 7) is 29.9. The van der Waals surface area contributed by atoms with Gasteiger partial charge in [0, 0.05) is 31.0 Å². The lowest BCUT2D eigenvalue weighted by Crippen LogP contribution is -2.33. The fourth-order valence-electron chi connectivity index (χ4n) is 6.63. The van der Waals surface area contributed by atoms with E-state index in [2.05, 4.69) is 125 Å². The van der Waals surface area contributed by atoms with Gasteiger partial charge in [0.15, 0.2) is 0 Å². The Labute approximate surface area is 374 Å². The Kier molecular flexibility index (Phi) is 41.3. The van der Waals surface area contributed by atoms with E-state index in [9.17, 15) is 9.46 Å². The van der Waals surface area contributed by atoms with Crippen LogP contribution in [0.5, 0.6) is 0 Å². The molecule has 0 radical (unpaired) electrons. The zero-order valence-electron chi connectivity index (χ0n) is 41.5. The van der Waals surface area contributed by atoms with Crippen LogP contribution in [0.3, 0.4) is 0 Å². The second kappa shape index (κ2) is 40.6. The van der Waals surface area contributed by atoms with Gasteiger partial charge in [0.2, 0.25) is 0 Å². The zero-order chi connectivity index (χ0) is 45.6. The molecule has 6 unspecified atom stereocenters. The van der Waals surface area contributed by atoms with Gasteiger partial charge < -0.3 is 13.9 Å². The van der Waals surface area contributed by atoms with Crippen LogP contribution in [0.2, 0.25) is 0 Å². The van der Waals surface area contributed by atoms with Gasteiger partial charge in [0.1, 0.15) is 0 Å². The lowest BCUT2D eigenvalue weighted by molar-refractivity contribution is 0.136. The van der Waals surface area contributed by atoms with Gasteiger partial charge >= 0.3 is 7.82 Å². The number of benzene rings is 2.